The van der Waals surface area contributed by atoms with E-state index in [9.17, 15) is 22.4 Å². The number of alkyl halides is 3. The summed E-state index contributed by atoms with van der Waals surface area (Å²) in [5, 5.41) is 0. The minimum Gasteiger partial charge on any atom is -0.462 e. The van der Waals surface area contributed by atoms with Crippen molar-refractivity contribution in [2.45, 2.75) is 13.1 Å². The average Bonchev–Trinajstić information content (AvgIpc) is 2.15. The first-order chi connectivity index (χ1) is 7.38. The summed E-state index contributed by atoms with van der Waals surface area (Å²) in [5.41, 5.74) is -2.40. The average molecular weight is 236 g/mol. The van der Waals surface area contributed by atoms with E-state index in [0.29, 0.717) is 6.07 Å². The van der Waals surface area contributed by atoms with Crippen LogP contribution in [-0.2, 0) is 10.9 Å². The molecule has 1 aromatic rings. The van der Waals surface area contributed by atoms with Crippen molar-refractivity contribution < 1.29 is 27.1 Å². The van der Waals surface area contributed by atoms with Crippen molar-refractivity contribution >= 4 is 5.97 Å². The maximum atomic E-state index is 13.0. The second kappa shape index (κ2) is 4.51. The van der Waals surface area contributed by atoms with Gasteiger partial charge in [-0.2, -0.15) is 13.2 Å². The summed E-state index contributed by atoms with van der Waals surface area (Å²) >= 11 is 0. The Labute approximate surface area is 88.8 Å². The van der Waals surface area contributed by atoms with Gasteiger partial charge < -0.3 is 4.74 Å². The monoisotopic (exact) mass is 236 g/mol. The second-order valence-electron chi connectivity index (χ2n) is 2.88. The number of halogens is 4. The van der Waals surface area contributed by atoms with Crippen LogP contribution in [-0.4, -0.2) is 12.6 Å². The SMILES string of the molecule is CCOC(=O)c1cccc(F)c1C(F)(F)F. The summed E-state index contributed by atoms with van der Waals surface area (Å²) in [7, 11) is 0. The number of esters is 1. The third kappa shape index (κ3) is 2.50. The highest BCUT2D eigenvalue weighted by Crippen LogP contribution is 2.34. The molecule has 6 heteroatoms. The van der Waals surface area contributed by atoms with E-state index in [-0.39, 0.29) is 6.61 Å². The molecule has 0 heterocycles. The molecule has 0 spiro atoms. The molecule has 0 amide bonds. The molecule has 0 fully saturated rings. The first-order valence-corrected chi connectivity index (χ1v) is 4.40. The molecule has 0 atom stereocenters. The van der Waals surface area contributed by atoms with Gasteiger partial charge in [-0.15, -0.1) is 0 Å². The molecule has 16 heavy (non-hydrogen) atoms. The molecule has 0 aromatic heterocycles. The Hall–Kier alpha value is -1.59. The minimum absolute atomic E-state index is 0.0767. The summed E-state index contributed by atoms with van der Waals surface area (Å²) in [6, 6.07) is 2.55. The summed E-state index contributed by atoms with van der Waals surface area (Å²) in [6.45, 7) is 1.37. The standard InChI is InChI=1S/C10H8F4O2/c1-2-16-9(15)6-4-3-5-7(11)8(6)10(12,13)14/h3-5H,2H2,1H3. The minimum atomic E-state index is -4.92. The van der Waals surface area contributed by atoms with Gasteiger partial charge in [-0.05, 0) is 19.1 Å². The number of carbonyl (C=O) groups is 1. The lowest BCUT2D eigenvalue weighted by Gasteiger charge is -2.12. The van der Waals surface area contributed by atoms with Gasteiger partial charge in [0, 0.05) is 0 Å². The zero-order chi connectivity index (χ0) is 12.3. The van der Waals surface area contributed by atoms with E-state index >= 15 is 0 Å². The number of hydrogen-bond acceptors (Lipinski definition) is 2. The molecule has 0 saturated carbocycles. The molecule has 0 radical (unpaired) electrons. The maximum Gasteiger partial charge on any atom is 0.420 e. The van der Waals surface area contributed by atoms with Gasteiger partial charge >= 0.3 is 12.1 Å². The molecule has 0 aliphatic rings. The molecule has 1 aromatic carbocycles. The highest BCUT2D eigenvalue weighted by Gasteiger charge is 2.38. The summed E-state index contributed by atoms with van der Waals surface area (Å²) in [5.74, 6) is -2.67. The molecule has 0 saturated heterocycles. The van der Waals surface area contributed by atoms with Crippen molar-refractivity contribution in [3.05, 3.63) is 35.1 Å². The van der Waals surface area contributed by atoms with E-state index < -0.39 is 29.1 Å². The van der Waals surface area contributed by atoms with Gasteiger partial charge in [-0.1, -0.05) is 6.07 Å². The normalized spacial score (nSPS) is 11.3. The lowest BCUT2D eigenvalue weighted by Crippen LogP contribution is -2.17. The molecular weight excluding hydrogens is 228 g/mol. The highest BCUT2D eigenvalue weighted by molar-refractivity contribution is 5.91. The lowest BCUT2D eigenvalue weighted by atomic mass is 10.1. The Bertz CT molecular complexity index is 398. The van der Waals surface area contributed by atoms with Crippen molar-refractivity contribution in [3.8, 4) is 0 Å². The molecule has 0 aliphatic heterocycles. The fourth-order valence-corrected chi connectivity index (χ4v) is 1.19. The molecule has 0 bridgehead atoms. The van der Waals surface area contributed by atoms with Gasteiger partial charge in [0.05, 0.1) is 12.2 Å². The topological polar surface area (TPSA) is 26.3 Å². The Kier molecular flexibility index (Phi) is 3.51. The fourth-order valence-electron chi connectivity index (χ4n) is 1.19. The van der Waals surface area contributed by atoms with Crippen LogP contribution < -0.4 is 0 Å². The van der Waals surface area contributed by atoms with Gasteiger partial charge in [0.15, 0.2) is 0 Å². The molecule has 0 N–H and O–H groups in total. The highest BCUT2D eigenvalue weighted by atomic mass is 19.4. The molecule has 2 nitrogen and oxygen atoms in total. The predicted octanol–water partition coefficient (Wildman–Crippen LogP) is 3.02. The summed E-state index contributed by atoms with van der Waals surface area (Å²) < 4.78 is 54.8. The second-order valence-corrected chi connectivity index (χ2v) is 2.88. The van der Waals surface area contributed by atoms with Crippen molar-refractivity contribution in [2.24, 2.45) is 0 Å². The summed E-state index contributed by atoms with van der Waals surface area (Å²) in [4.78, 5) is 11.2. The largest absolute Gasteiger partial charge is 0.462 e. The Morgan fingerprint density at radius 1 is 1.38 bits per heavy atom. The number of hydrogen-bond donors (Lipinski definition) is 0. The van der Waals surface area contributed by atoms with E-state index in [0.717, 1.165) is 12.1 Å². The van der Waals surface area contributed by atoms with Crippen LogP contribution in [0.2, 0.25) is 0 Å². The van der Waals surface area contributed by atoms with E-state index in [1.165, 1.54) is 6.92 Å². The van der Waals surface area contributed by atoms with Crippen LogP contribution in [0.15, 0.2) is 18.2 Å². The van der Waals surface area contributed by atoms with Gasteiger partial charge in [0.25, 0.3) is 0 Å². The summed E-state index contributed by atoms with van der Waals surface area (Å²) in [6.07, 6.45) is -4.92. The van der Waals surface area contributed by atoms with Crippen LogP contribution >= 0.6 is 0 Å². The van der Waals surface area contributed by atoms with Crippen LogP contribution in [0.1, 0.15) is 22.8 Å². The third-order valence-corrected chi connectivity index (χ3v) is 1.79. The van der Waals surface area contributed by atoms with Crippen molar-refractivity contribution in [3.63, 3.8) is 0 Å². The Morgan fingerprint density at radius 2 is 2.00 bits per heavy atom. The molecule has 88 valence electrons. The van der Waals surface area contributed by atoms with E-state index in [4.69, 9.17) is 0 Å². The van der Waals surface area contributed by atoms with Crippen molar-refractivity contribution in [1.82, 2.24) is 0 Å². The first-order valence-electron chi connectivity index (χ1n) is 4.40. The molecular formula is C10H8F4O2. The zero-order valence-electron chi connectivity index (χ0n) is 8.27. The zero-order valence-corrected chi connectivity index (χ0v) is 8.27. The Morgan fingerprint density at radius 3 is 2.50 bits per heavy atom. The smallest absolute Gasteiger partial charge is 0.420 e. The fraction of sp³-hybridized carbons (Fsp3) is 0.300. The molecule has 0 unspecified atom stereocenters. The third-order valence-electron chi connectivity index (χ3n) is 1.79. The number of benzene rings is 1. The van der Waals surface area contributed by atoms with Crippen LogP contribution in [0.3, 0.4) is 0 Å². The first kappa shape index (κ1) is 12.5. The molecule has 0 aliphatic carbocycles. The number of ether oxygens (including phenoxy) is 1. The van der Waals surface area contributed by atoms with Gasteiger partial charge in [0.2, 0.25) is 0 Å². The van der Waals surface area contributed by atoms with E-state index in [2.05, 4.69) is 4.74 Å². The van der Waals surface area contributed by atoms with Crippen LogP contribution in [0.5, 0.6) is 0 Å². The van der Waals surface area contributed by atoms with E-state index in [1.807, 2.05) is 0 Å². The van der Waals surface area contributed by atoms with Crippen molar-refractivity contribution in [1.29, 1.82) is 0 Å². The van der Waals surface area contributed by atoms with Crippen molar-refractivity contribution in [2.75, 3.05) is 6.61 Å². The van der Waals surface area contributed by atoms with E-state index in [1.54, 1.807) is 0 Å². The predicted molar refractivity (Wildman–Crippen MR) is 47.4 cm³/mol. The quantitative estimate of drug-likeness (QED) is 0.582. The molecule has 1 rings (SSSR count). The van der Waals surface area contributed by atoms with Crippen LogP contribution in [0.25, 0.3) is 0 Å². The Balaban J connectivity index is 3.29. The van der Waals surface area contributed by atoms with Gasteiger partial charge in [-0.25, -0.2) is 9.18 Å². The van der Waals surface area contributed by atoms with Crippen LogP contribution in [0.4, 0.5) is 17.6 Å². The van der Waals surface area contributed by atoms with Crippen LogP contribution in [0, 0.1) is 5.82 Å². The lowest BCUT2D eigenvalue weighted by molar-refractivity contribution is -0.140. The maximum absolute atomic E-state index is 13.0. The number of rotatable bonds is 2. The van der Waals surface area contributed by atoms with Gasteiger partial charge in [-0.3, -0.25) is 0 Å². The number of carbonyl (C=O) groups excluding carboxylic acids is 1. The van der Waals surface area contributed by atoms with Gasteiger partial charge in [0.1, 0.15) is 11.4 Å².